The standard InChI is InChI=1S/C27H23N5O3S/c28-15-21-11-12-25-22(13-21)17-32(36(34,35)24-9-5-2-6-10-24)26(14-20-7-3-1-4-8-20)27(33)31(25)18-23-16-29-19-30-23/h1-13,16,19,26H,14,17-18H2,(H,29,30). The number of aromatic amines is 1. The minimum Gasteiger partial charge on any atom is -0.351 e. The molecule has 0 saturated carbocycles. The second-order valence-corrected chi connectivity index (χ2v) is 10.4. The number of anilines is 1. The highest BCUT2D eigenvalue weighted by atomic mass is 32.2. The van der Waals surface area contributed by atoms with Gasteiger partial charge in [-0.2, -0.15) is 9.57 Å². The average molecular weight is 498 g/mol. The monoisotopic (exact) mass is 497 g/mol. The Balaban J connectivity index is 1.68. The molecule has 0 aliphatic carbocycles. The van der Waals surface area contributed by atoms with Crippen molar-refractivity contribution < 1.29 is 13.2 Å². The molecule has 5 rings (SSSR count). The molecule has 3 aromatic carbocycles. The lowest BCUT2D eigenvalue weighted by molar-refractivity contribution is -0.122. The van der Waals surface area contributed by atoms with E-state index in [0.717, 1.165) is 5.56 Å². The molecule has 0 spiro atoms. The Morgan fingerprint density at radius 2 is 1.75 bits per heavy atom. The van der Waals surface area contributed by atoms with Gasteiger partial charge in [-0.15, -0.1) is 0 Å². The van der Waals surface area contributed by atoms with Crippen LogP contribution in [0.4, 0.5) is 5.69 Å². The number of H-pyrrole nitrogens is 1. The maximum Gasteiger partial charge on any atom is 0.246 e. The largest absolute Gasteiger partial charge is 0.351 e. The molecule has 0 fully saturated rings. The number of sulfonamides is 1. The summed E-state index contributed by atoms with van der Waals surface area (Å²) in [4.78, 5) is 23.0. The van der Waals surface area contributed by atoms with E-state index in [4.69, 9.17) is 0 Å². The van der Waals surface area contributed by atoms with Crippen molar-refractivity contribution in [3.63, 3.8) is 0 Å². The average Bonchev–Trinajstić information content (AvgIpc) is 3.40. The molecule has 1 aliphatic rings. The van der Waals surface area contributed by atoms with Crippen LogP contribution in [-0.4, -0.2) is 34.6 Å². The summed E-state index contributed by atoms with van der Waals surface area (Å²) < 4.78 is 29.2. The lowest BCUT2D eigenvalue weighted by Crippen LogP contribution is -2.49. The van der Waals surface area contributed by atoms with Crippen LogP contribution in [0.15, 0.2) is 96.3 Å². The van der Waals surface area contributed by atoms with E-state index < -0.39 is 16.1 Å². The Kier molecular flexibility index (Phi) is 6.38. The normalized spacial score (nSPS) is 16.2. The Bertz CT molecular complexity index is 1510. The van der Waals surface area contributed by atoms with Gasteiger partial charge in [-0.1, -0.05) is 48.5 Å². The second-order valence-electron chi connectivity index (χ2n) is 8.51. The molecule has 8 nitrogen and oxygen atoms in total. The quantitative estimate of drug-likeness (QED) is 0.437. The first kappa shape index (κ1) is 23.5. The molecule has 1 amide bonds. The van der Waals surface area contributed by atoms with Crippen molar-refractivity contribution in [1.82, 2.24) is 14.3 Å². The van der Waals surface area contributed by atoms with E-state index in [-0.39, 0.29) is 30.3 Å². The lowest BCUT2D eigenvalue weighted by Gasteiger charge is -2.30. The summed E-state index contributed by atoms with van der Waals surface area (Å²) in [5, 5.41) is 9.51. The summed E-state index contributed by atoms with van der Waals surface area (Å²) in [5.41, 5.74) is 3.00. The van der Waals surface area contributed by atoms with Crippen molar-refractivity contribution in [2.45, 2.75) is 30.4 Å². The van der Waals surface area contributed by atoms with E-state index in [0.29, 0.717) is 22.5 Å². The van der Waals surface area contributed by atoms with Crippen LogP contribution in [0.2, 0.25) is 0 Å². The maximum absolute atomic E-state index is 14.2. The zero-order valence-electron chi connectivity index (χ0n) is 19.3. The van der Waals surface area contributed by atoms with E-state index in [2.05, 4.69) is 16.0 Å². The van der Waals surface area contributed by atoms with Crippen LogP contribution in [0.1, 0.15) is 22.4 Å². The maximum atomic E-state index is 14.2. The van der Waals surface area contributed by atoms with Crippen LogP contribution < -0.4 is 4.90 Å². The second kappa shape index (κ2) is 9.77. The number of fused-ring (bicyclic) bond motifs is 1. The first-order chi connectivity index (χ1) is 17.5. The number of hydrogen-bond donors (Lipinski definition) is 1. The van der Waals surface area contributed by atoms with Gasteiger partial charge in [0.25, 0.3) is 0 Å². The van der Waals surface area contributed by atoms with Crippen LogP contribution in [0.5, 0.6) is 0 Å². The highest BCUT2D eigenvalue weighted by Crippen LogP contribution is 2.34. The van der Waals surface area contributed by atoms with Gasteiger partial charge in [0.15, 0.2) is 0 Å². The van der Waals surface area contributed by atoms with Gasteiger partial charge in [0, 0.05) is 18.4 Å². The first-order valence-corrected chi connectivity index (χ1v) is 12.8. The number of hydrogen-bond acceptors (Lipinski definition) is 5. The summed E-state index contributed by atoms with van der Waals surface area (Å²) in [6.45, 7) is 0.105. The van der Waals surface area contributed by atoms with Gasteiger partial charge in [-0.05, 0) is 47.9 Å². The number of carbonyl (C=O) groups excluding carboxylic acids is 1. The van der Waals surface area contributed by atoms with Gasteiger partial charge < -0.3 is 9.88 Å². The van der Waals surface area contributed by atoms with Crippen LogP contribution in [0.3, 0.4) is 0 Å². The van der Waals surface area contributed by atoms with Crippen molar-refractivity contribution in [3.05, 3.63) is 114 Å². The molecule has 9 heteroatoms. The summed E-state index contributed by atoms with van der Waals surface area (Å²) in [6, 6.07) is 23.6. The van der Waals surface area contributed by atoms with E-state index in [1.807, 2.05) is 30.3 Å². The number of nitriles is 1. The zero-order valence-corrected chi connectivity index (χ0v) is 20.1. The molecule has 36 heavy (non-hydrogen) atoms. The predicted octanol–water partition coefficient (Wildman–Crippen LogP) is 3.63. The number of amides is 1. The molecular formula is C27H23N5O3S. The minimum atomic E-state index is -4.05. The molecule has 1 aromatic heterocycles. The van der Waals surface area contributed by atoms with Gasteiger partial charge in [0.2, 0.25) is 15.9 Å². The van der Waals surface area contributed by atoms with Gasteiger partial charge in [0.05, 0.1) is 35.1 Å². The number of imidazole rings is 1. The molecule has 1 N–H and O–H groups in total. The van der Waals surface area contributed by atoms with Crippen LogP contribution in [0.25, 0.3) is 0 Å². The third-order valence-electron chi connectivity index (χ3n) is 6.22. The molecule has 180 valence electrons. The molecular weight excluding hydrogens is 474 g/mol. The van der Waals surface area contributed by atoms with E-state index in [9.17, 15) is 18.5 Å². The Labute approximate surface area is 209 Å². The van der Waals surface area contributed by atoms with E-state index >= 15 is 0 Å². The molecule has 0 bridgehead atoms. The summed E-state index contributed by atoms with van der Waals surface area (Å²) in [7, 11) is -4.05. The SMILES string of the molecule is N#Cc1ccc2c(c1)CN(S(=O)(=O)c1ccccc1)C(Cc1ccccc1)C(=O)N2Cc1c[nH]cn1. The molecule has 2 heterocycles. The van der Waals surface area contributed by atoms with Crippen LogP contribution >= 0.6 is 0 Å². The van der Waals surface area contributed by atoms with Gasteiger partial charge in [-0.3, -0.25) is 4.79 Å². The molecule has 0 saturated heterocycles. The van der Waals surface area contributed by atoms with Crippen molar-refractivity contribution in [3.8, 4) is 6.07 Å². The molecule has 1 unspecified atom stereocenters. The van der Waals surface area contributed by atoms with Crippen LogP contribution in [-0.2, 0) is 34.3 Å². The van der Waals surface area contributed by atoms with Gasteiger partial charge in [0.1, 0.15) is 6.04 Å². The summed E-state index contributed by atoms with van der Waals surface area (Å²) in [5.74, 6) is -0.357. The molecule has 0 radical (unpaired) electrons. The summed E-state index contributed by atoms with van der Waals surface area (Å²) in [6.07, 6.45) is 3.43. The number of aromatic nitrogens is 2. The number of benzene rings is 3. The Morgan fingerprint density at radius 3 is 2.42 bits per heavy atom. The molecule has 1 aliphatic heterocycles. The highest BCUT2D eigenvalue weighted by molar-refractivity contribution is 7.89. The minimum absolute atomic E-state index is 0.0532. The fourth-order valence-electron chi connectivity index (χ4n) is 4.45. The van der Waals surface area contributed by atoms with E-state index in [1.54, 1.807) is 47.5 Å². The Morgan fingerprint density at radius 1 is 1.03 bits per heavy atom. The number of nitrogens with zero attached hydrogens (tertiary/aromatic N) is 4. The topological polar surface area (TPSA) is 110 Å². The third-order valence-corrected chi connectivity index (χ3v) is 8.09. The van der Waals surface area contributed by atoms with Crippen molar-refractivity contribution in [1.29, 1.82) is 5.26 Å². The van der Waals surface area contributed by atoms with Crippen LogP contribution in [0, 0.1) is 11.3 Å². The number of carbonyl (C=O) groups is 1. The lowest BCUT2D eigenvalue weighted by atomic mass is 10.0. The van der Waals surface area contributed by atoms with Gasteiger partial charge in [-0.25, -0.2) is 13.4 Å². The summed E-state index contributed by atoms with van der Waals surface area (Å²) >= 11 is 0. The zero-order chi connectivity index (χ0) is 25.1. The number of rotatable bonds is 6. The highest BCUT2D eigenvalue weighted by Gasteiger charge is 2.42. The molecule has 1 atom stereocenters. The fraction of sp³-hybridized carbons (Fsp3) is 0.148. The fourth-order valence-corrected chi connectivity index (χ4v) is 6.03. The first-order valence-electron chi connectivity index (χ1n) is 11.4. The van der Waals surface area contributed by atoms with Gasteiger partial charge >= 0.3 is 0 Å². The number of nitrogens with one attached hydrogen (secondary N) is 1. The molecule has 4 aromatic rings. The third kappa shape index (κ3) is 4.52. The van der Waals surface area contributed by atoms with E-state index in [1.165, 1.54) is 22.8 Å². The van der Waals surface area contributed by atoms with Crippen molar-refractivity contribution >= 4 is 21.6 Å². The van der Waals surface area contributed by atoms with Crippen molar-refractivity contribution in [2.24, 2.45) is 0 Å². The smallest absolute Gasteiger partial charge is 0.246 e. The van der Waals surface area contributed by atoms with Crippen molar-refractivity contribution in [2.75, 3.05) is 4.90 Å². The Hall–Kier alpha value is -4.26. The predicted molar refractivity (Wildman–Crippen MR) is 134 cm³/mol.